The van der Waals surface area contributed by atoms with Crippen LogP contribution in [0.4, 0.5) is 0 Å². The standard InChI is InChI=1S/C13H20O2/c1-5-7-10-9-13(3,4)12(15-6-2)8-11(10)14/h5,8,10H,1,6-7,9H2,2-4H3. The Morgan fingerprint density at radius 3 is 2.87 bits per heavy atom. The van der Waals surface area contributed by atoms with E-state index in [1.165, 1.54) is 0 Å². The predicted octanol–water partition coefficient (Wildman–Crippen LogP) is 3.10. The molecule has 0 N–H and O–H groups in total. The van der Waals surface area contributed by atoms with E-state index in [4.69, 9.17) is 4.74 Å². The summed E-state index contributed by atoms with van der Waals surface area (Å²) in [4.78, 5) is 11.8. The highest BCUT2D eigenvalue weighted by Gasteiger charge is 2.35. The molecule has 1 atom stereocenters. The molecule has 84 valence electrons. The molecule has 0 aromatic rings. The van der Waals surface area contributed by atoms with Gasteiger partial charge in [-0.3, -0.25) is 4.79 Å². The van der Waals surface area contributed by atoms with Crippen molar-refractivity contribution in [1.29, 1.82) is 0 Å². The number of hydrogen-bond acceptors (Lipinski definition) is 2. The molecule has 0 aromatic carbocycles. The first kappa shape index (κ1) is 12.0. The van der Waals surface area contributed by atoms with E-state index in [-0.39, 0.29) is 17.1 Å². The van der Waals surface area contributed by atoms with Crippen LogP contribution in [-0.2, 0) is 9.53 Å². The number of allylic oxidation sites excluding steroid dienone is 3. The first-order chi connectivity index (χ1) is 7.01. The van der Waals surface area contributed by atoms with Crippen molar-refractivity contribution in [2.45, 2.75) is 33.6 Å². The summed E-state index contributed by atoms with van der Waals surface area (Å²) in [6, 6.07) is 0. The lowest BCUT2D eigenvalue weighted by atomic mass is 9.74. The summed E-state index contributed by atoms with van der Waals surface area (Å²) < 4.78 is 5.51. The van der Waals surface area contributed by atoms with Crippen molar-refractivity contribution >= 4 is 5.78 Å². The van der Waals surface area contributed by atoms with E-state index in [0.29, 0.717) is 6.61 Å². The second kappa shape index (κ2) is 4.65. The Bertz CT molecular complexity index is 287. The molecule has 0 saturated carbocycles. The van der Waals surface area contributed by atoms with E-state index < -0.39 is 0 Å². The van der Waals surface area contributed by atoms with Gasteiger partial charge in [0.15, 0.2) is 5.78 Å². The minimum atomic E-state index is -0.0302. The summed E-state index contributed by atoms with van der Waals surface area (Å²) in [5, 5.41) is 0. The molecule has 2 heteroatoms. The zero-order valence-electron chi connectivity index (χ0n) is 9.88. The Kier molecular flexibility index (Phi) is 3.72. The van der Waals surface area contributed by atoms with Gasteiger partial charge in [-0.05, 0) is 19.8 Å². The first-order valence-electron chi connectivity index (χ1n) is 5.51. The van der Waals surface area contributed by atoms with Crippen molar-refractivity contribution < 1.29 is 9.53 Å². The maximum Gasteiger partial charge on any atom is 0.162 e. The van der Waals surface area contributed by atoms with Gasteiger partial charge in [0.1, 0.15) is 5.76 Å². The number of hydrogen-bond donors (Lipinski definition) is 0. The summed E-state index contributed by atoms with van der Waals surface area (Å²) in [5.74, 6) is 1.09. The molecule has 0 aromatic heterocycles. The summed E-state index contributed by atoms with van der Waals surface area (Å²) in [6.07, 6.45) is 5.10. The highest BCUT2D eigenvalue weighted by atomic mass is 16.5. The number of carbonyl (C=O) groups is 1. The normalized spacial score (nSPS) is 24.6. The summed E-state index contributed by atoms with van der Waals surface area (Å²) in [6.45, 7) is 10.5. The SMILES string of the molecule is C=CCC1CC(C)(C)C(OCC)=CC1=O. The fourth-order valence-electron chi connectivity index (χ4n) is 2.05. The van der Waals surface area contributed by atoms with Crippen molar-refractivity contribution in [1.82, 2.24) is 0 Å². The third-order valence-corrected chi connectivity index (χ3v) is 2.85. The van der Waals surface area contributed by atoms with Gasteiger partial charge in [0.05, 0.1) is 6.61 Å². The average Bonchev–Trinajstić information content (AvgIpc) is 2.14. The Labute approximate surface area is 92.0 Å². The lowest BCUT2D eigenvalue weighted by Gasteiger charge is -2.34. The third kappa shape index (κ3) is 2.71. The molecule has 1 unspecified atom stereocenters. The van der Waals surface area contributed by atoms with E-state index in [1.807, 2.05) is 13.0 Å². The molecule has 0 amide bonds. The predicted molar refractivity (Wildman–Crippen MR) is 61.4 cm³/mol. The van der Waals surface area contributed by atoms with E-state index in [2.05, 4.69) is 20.4 Å². The lowest BCUT2D eigenvalue weighted by molar-refractivity contribution is -0.120. The van der Waals surface area contributed by atoms with Crippen LogP contribution in [0.1, 0.15) is 33.6 Å². The second-order valence-corrected chi connectivity index (χ2v) is 4.65. The van der Waals surface area contributed by atoms with Crippen molar-refractivity contribution in [3.63, 3.8) is 0 Å². The van der Waals surface area contributed by atoms with Crippen LogP contribution in [0.5, 0.6) is 0 Å². The molecule has 15 heavy (non-hydrogen) atoms. The fraction of sp³-hybridized carbons (Fsp3) is 0.615. The van der Waals surface area contributed by atoms with Gasteiger partial charge in [0.2, 0.25) is 0 Å². The van der Waals surface area contributed by atoms with Gasteiger partial charge >= 0.3 is 0 Å². The maximum absolute atomic E-state index is 11.8. The quantitative estimate of drug-likeness (QED) is 0.664. The molecule has 1 rings (SSSR count). The Hall–Kier alpha value is -1.05. The molecule has 0 spiro atoms. The summed E-state index contributed by atoms with van der Waals surface area (Å²) >= 11 is 0. The molecular weight excluding hydrogens is 188 g/mol. The van der Waals surface area contributed by atoms with E-state index in [1.54, 1.807) is 6.08 Å². The molecule has 0 radical (unpaired) electrons. The van der Waals surface area contributed by atoms with E-state index in [0.717, 1.165) is 18.6 Å². The monoisotopic (exact) mass is 208 g/mol. The zero-order chi connectivity index (χ0) is 11.5. The Morgan fingerprint density at radius 1 is 1.67 bits per heavy atom. The Morgan fingerprint density at radius 2 is 2.33 bits per heavy atom. The number of ether oxygens (including phenoxy) is 1. The van der Waals surface area contributed by atoms with Crippen molar-refractivity contribution in [3.8, 4) is 0 Å². The molecule has 0 heterocycles. The van der Waals surface area contributed by atoms with Crippen molar-refractivity contribution in [2.75, 3.05) is 6.61 Å². The van der Waals surface area contributed by atoms with Gasteiger partial charge in [0, 0.05) is 17.4 Å². The highest BCUT2D eigenvalue weighted by molar-refractivity contribution is 5.93. The van der Waals surface area contributed by atoms with Crippen molar-refractivity contribution in [2.24, 2.45) is 11.3 Å². The summed E-state index contributed by atoms with van der Waals surface area (Å²) in [7, 11) is 0. The Balaban J connectivity index is 2.87. The van der Waals surface area contributed by atoms with Crippen LogP contribution in [0.2, 0.25) is 0 Å². The molecule has 1 aliphatic rings. The van der Waals surface area contributed by atoms with Crippen LogP contribution in [0.15, 0.2) is 24.5 Å². The molecule has 0 aliphatic heterocycles. The molecule has 0 fully saturated rings. The summed E-state index contributed by atoms with van der Waals surface area (Å²) in [5.41, 5.74) is -0.0302. The highest BCUT2D eigenvalue weighted by Crippen LogP contribution is 2.39. The van der Waals surface area contributed by atoms with Crippen LogP contribution in [0.25, 0.3) is 0 Å². The first-order valence-corrected chi connectivity index (χ1v) is 5.51. The molecule has 2 nitrogen and oxygen atoms in total. The van der Waals surface area contributed by atoms with E-state index in [9.17, 15) is 4.79 Å². The third-order valence-electron chi connectivity index (χ3n) is 2.85. The van der Waals surface area contributed by atoms with Gasteiger partial charge in [-0.1, -0.05) is 19.9 Å². The minimum absolute atomic E-state index is 0.0302. The average molecular weight is 208 g/mol. The van der Waals surface area contributed by atoms with Crippen molar-refractivity contribution in [3.05, 3.63) is 24.5 Å². The maximum atomic E-state index is 11.8. The van der Waals surface area contributed by atoms with Gasteiger partial charge < -0.3 is 4.74 Å². The molecule has 0 saturated heterocycles. The van der Waals surface area contributed by atoms with E-state index >= 15 is 0 Å². The van der Waals surface area contributed by atoms with Crippen LogP contribution in [-0.4, -0.2) is 12.4 Å². The number of ketones is 1. The number of rotatable bonds is 4. The molecule has 0 bridgehead atoms. The zero-order valence-corrected chi connectivity index (χ0v) is 9.88. The largest absolute Gasteiger partial charge is 0.498 e. The van der Waals surface area contributed by atoms with Gasteiger partial charge in [-0.25, -0.2) is 0 Å². The topological polar surface area (TPSA) is 26.3 Å². The fourth-order valence-corrected chi connectivity index (χ4v) is 2.05. The van der Waals surface area contributed by atoms with Crippen LogP contribution in [0, 0.1) is 11.3 Å². The minimum Gasteiger partial charge on any atom is -0.498 e. The molecular formula is C13H20O2. The molecule has 1 aliphatic carbocycles. The number of carbonyl (C=O) groups excluding carboxylic acids is 1. The van der Waals surface area contributed by atoms with Gasteiger partial charge in [-0.15, -0.1) is 6.58 Å². The van der Waals surface area contributed by atoms with Crippen LogP contribution >= 0.6 is 0 Å². The van der Waals surface area contributed by atoms with Crippen LogP contribution in [0.3, 0.4) is 0 Å². The smallest absolute Gasteiger partial charge is 0.162 e. The lowest BCUT2D eigenvalue weighted by Crippen LogP contribution is -2.30. The second-order valence-electron chi connectivity index (χ2n) is 4.65. The van der Waals surface area contributed by atoms with Crippen LogP contribution < -0.4 is 0 Å². The van der Waals surface area contributed by atoms with Gasteiger partial charge in [-0.2, -0.15) is 0 Å². The van der Waals surface area contributed by atoms with Gasteiger partial charge in [0.25, 0.3) is 0 Å².